The molecule has 0 amide bonds. The predicted octanol–water partition coefficient (Wildman–Crippen LogP) is 3.00. The molecule has 5 nitrogen and oxygen atoms in total. The first-order valence-electron chi connectivity index (χ1n) is 8.18. The van der Waals surface area contributed by atoms with E-state index in [1.54, 1.807) is 17.7 Å². The fourth-order valence-electron chi connectivity index (χ4n) is 3.03. The van der Waals surface area contributed by atoms with Crippen LogP contribution in [0.1, 0.15) is 5.56 Å². The normalized spacial score (nSPS) is 18.8. The van der Waals surface area contributed by atoms with E-state index in [9.17, 15) is 0 Å². The highest BCUT2D eigenvalue weighted by Gasteiger charge is 2.20. The number of hydrogen-bond donors (Lipinski definition) is 1. The molecular formula is C18H20N4OS. The van der Waals surface area contributed by atoms with Gasteiger partial charge in [-0.3, -0.25) is 4.90 Å². The van der Waals surface area contributed by atoms with Crippen molar-refractivity contribution >= 4 is 27.4 Å². The lowest BCUT2D eigenvalue weighted by molar-refractivity contribution is -0.0240. The van der Waals surface area contributed by atoms with Crippen LogP contribution < -0.4 is 5.32 Å². The van der Waals surface area contributed by atoms with Crippen LogP contribution in [0.2, 0.25) is 0 Å². The average Bonchev–Trinajstić information content (AvgIpc) is 3.10. The Balaban J connectivity index is 1.36. The third-order valence-corrected chi connectivity index (χ3v) is 5.05. The van der Waals surface area contributed by atoms with Crippen LogP contribution in [-0.4, -0.2) is 47.2 Å². The Hall–Kier alpha value is -2.02. The van der Waals surface area contributed by atoms with Crippen molar-refractivity contribution in [3.63, 3.8) is 0 Å². The molecule has 4 rings (SSSR count). The molecule has 3 aromatic rings. The first kappa shape index (κ1) is 15.5. The summed E-state index contributed by atoms with van der Waals surface area (Å²) in [6.07, 6.45) is 1.79. The van der Waals surface area contributed by atoms with Crippen LogP contribution in [0.5, 0.6) is 0 Å². The zero-order chi connectivity index (χ0) is 16.2. The summed E-state index contributed by atoms with van der Waals surface area (Å²) < 4.78 is 5.92. The number of ether oxygens (including phenoxy) is 1. The summed E-state index contributed by atoms with van der Waals surface area (Å²) in [4.78, 5) is 12.1. The molecule has 0 spiro atoms. The number of morpholine rings is 1. The van der Waals surface area contributed by atoms with Crippen LogP contribution in [0.4, 0.5) is 5.82 Å². The number of nitrogens with one attached hydrogen (secondary N) is 1. The zero-order valence-corrected chi connectivity index (χ0v) is 14.2. The maximum absolute atomic E-state index is 5.92. The SMILES string of the molecule is c1ccc(CN2CCOC(CNc3ncnc4sccc34)C2)cc1. The summed E-state index contributed by atoms with van der Waals surface area (Å²) in [7, 11) is 0. The van der Waals surface area contributed by atoms with Crippen LogP contribution in [0.15, 0.2) is 48.1 Å². The molecule has 1 atom stereocenters. The Morgan fingerprint density at radius 2 is 2.12 bits per heavy atom. The van der Waals surface area contributed by atoms with E-state index in [4.69, 9.17) is 4.74 Å². The monoisotopic (exact) mass is 340 g/mol. The van der Waals surface area contributed by atoms with Gasteiger partial charge in [0.1, 0.15) is 17.0 Å². The molecule has 1 aromatic carbocycles. The second-order valence-electron chi connectivity index (χ2n) is 5.96. The number of rotatable bonds is 5. The smallest absolute Gasteiger partial charge is 0.138 e. The zero-order valence-electron chi connectivity index (χ0n) is 13.4. The van der Waals surface area contributed by atoms with E-state index < -0.39 is 0 Å². The van der Waals surface area contributed by atoms with Gasteiger partial charge in [0.05, 0.1) is 18.1 Å². The lowest BCUT2D eigenvalue weighted by atomic mass is 10.2. The Morgan fingerprint density at radius 1 is 1.21 bits per heavy atom. The number of nitrogens with zero attached hydrogens (tertiary/aromatic N) is 3. The third-order valence-electron chi connectivity index (χ3n) is 4.23. The minimum absolute atomic E-state index is 0.172. The highest BCUT2D eigenvalue weighted by molar-refractivity contribution is 7.16. The largest absolute Gasteiger partial charge is 0.374 e. The summed E-state index contributed by atoms with van der Waals surface area (Å²) in [6.45, 7) is 4.42. The lowest BCUT2D eigenvalue weighted by Gasteiger charge is -2.33. The number of aromatic nitrogens is 2. The number of thiophene rings is 1. The predicted molar refractivity (Wildman–Crippen MR) is 97.4 cm³/mol. The standard InChI is InChI=1S/C18H20N4OS/c1-2-4-14(5-3-1)11-22-7-8-23-15(12-22)10-19-17-16-6-9-24-18(16)21-13-20-17/h1-6,9,13,15H,7-8,10-12H2,(H,19,20,21). The highest BCUT2D eigenvalue weighted by Crippen LogP contribution is 2.23. The van der Waals surface area contributed by atoms with Gasteiger partial charge in [0.2, 0.25) is 0 Å². The van der Waals surface area contributed by atoms with Gasteiger partial charge in [-0.05, 0) is 17.0 Å². The quantitative estimate of drug-likeness (QED) is 0.774. The Kier molecular flexibility index (Phi) is 4.69. The molecule has 1 fully saturated rings. The van der Waals surface area contributed by atoms with E-state index in [1.165, 1.54) is 5.56 Å². The third kappa shape index (κ3) is 3.56. The van der Waals surface area contributed by atoms with Crippen molar-refractivity contribution in [2.24, 2.45) is 0 Å². The highest BCUT2D eigenvalue weighted by atomic mass is 32.1. The van der Waals surface area contributed by atoms with Crippen LogP contribution in [-0.2, 0) is 11.3 Å². The second kappa shape index (κ2) is 7.25. The second-order valence-corrected chi connectivity index (χ2v) is 6.85. The van der Waals surface area contributed by atoms with E-state index in [1.807, 2.05) is 5.38 Å². The van der Waals surface area contributed by atoms with Gasteiger partial charge in [0.25, 0.3) is 0 Å². The molecule has 124 valence electrons. The van der Waals surface area contributed by atoms with Gasteiger partial charge in [0, 0.05) is 26.2 Å². The Morgan fingerprint density at radius 3 is 3.04 bits per heavy atom. The average molecular weight is 340 g/mol. The molecule has 3 heterocycles. The first-order chi connectivity index (χ1) is 11.9. The molecule has 2 aromatic heterocycles. The van der Waals surface area contributed by atoms with Gasteiger partial charge in [-0.15, -0.1) is 11.3 Å². The summed E-state index contributed by atoms with van der Waals surface area (Å²) in [5.74, 6) is 0.894. The van der Waals surface area contributed by atoms with Crippen molar-refractivity contribution in [1.29, 1.82) is 0 Å². The van der Waals surface area contributed by atoms with Crippen molar-refractivity contribution in [3.8, 4) is 0 Å². The molecule has 1 aliphatic rings. The lowest BCUT2D eigenvalue weighted by Crippen LogP contribution is -2.44. The van der Waals surface area contributed by atoms with Gasteiger partial charge >= 0.3 is 0 Å². The van der Waals surface area contributed by atoms with E-state index >= 15 is 0 Å². The fourth-order valence-corrected chi connectivity index (χ4v) is 3.76. The molecule has 1 saturated heterocycles. The van der Waals surface area contributed by atoms with Crippen molar-refractivity contribution in [1.82, 2.24) is 14.9 Å². The molecule has 0 bridgehead atoms. The van der Waals surface area contributed by atoms with E-state index in [0.29, 0.717) is 0 Å². The van der Waals surface area contributed by atoms with Crippen LogP contribution in [0, 0.1) is 0 Å². The van der Waals surface area contributed by atoms with Crippen molar-refractivity contribution < 1.29 is 4.74 Å². The van der Waals surface area contributed by atoms with Crippen LogP contribution in [0.25, 0.3) is 10.2 Å². The van der Waals surface area contributed by atoms with Crippen molar-refractivity contribution in [2.75, 3.05) is 31.6 Å². The molecule has 1 unspecified atom stereocenters. The molecule has 24 heavy (non-hydrogen) atoms. The molecule has 0 saturated carbocycles. The summed E-state index contributed by atoms with van der Waals surface area (Å²) in [5.41, 5.74) is 1.35. The number of hydrogen-bond acceptors (Lipinski definition) is 6. The first-order valence-corrected chi connectivity index (χ1v) is 9.06. The molecule has 1 N–H and O–H groups in total. The van der Waals surface area contributed by atoms with E-state index in [2.05, 4.69) is 56.6 Å². The van der Waals surface area contributed by atoms with Gasteiger partial charge in [-0.1, -0.05) is 30.3 Å². The topological polar surface area (TPSA) is 50.3 Å². The van der Waals surface area contributed by atoms with Gasteiger partial charge < -0.3 is 10.1 Å². The van der Waals surface area contributed by atoms with Crippen LogP contribution >= 0.6 is 11.3 Å². The Bertz CT molecular complexity index is 792. The van der Waals surface area contributed by atoms with E-state index in [0.717, 1.165) is 48.8 Å². The summed E-state index contributed by atoms with van der Waals surface area (Å²) in [5, 5.41) is 6.56. The van der Waals surface area contributed by atoms with Crippen molar-refractivity contribution in [2.45, 2.75) is 12.6 Å². The van der Waals surface area contributed by atoms with Gasteiger partial charge in [0.15, 0.2) is 0 Å². The molecule has 0 aliphatic carbocycles. The maximum atomic E-state index is 5.92. The maximum Gasteiger partial charge on any atom is 0.138 e. The minimum Gasteiger partial charge on any atom is -0.374 e. The molecule has 6 heteroatoms. The number of fused-ring (bicyclic) bond motifs is 1. The number of benzene rings is 1. The molecule has 0 radical (unpaired) electrons. The van der Waals surface area contributed by atoms with E-state index in [-0.39, 0.29) is 6.10 Å². The van der Waals surface area contributed by atoms with Crippen LogP contribution in [0.3, 0.4) is 0 Å². The summed E-state index contributed by atoms with van der Waals surface area (Å²) in [6, 6.07) is 12.7. The van der Waals surface area contributed by atoms with Gasteiger partial charge in [-0.2, -0.15) is 0 Å². The molecule has 1 aliphatic heterocycles. The fraction of sp³-hybridized carbons (Fsp3) is 0.333. The summed E-state index contributed by atoms with van der Waals surface area (Å²) >= 11 is 1.63. The molecular weight excluding hydrogens is 320 g/mol. The minimum atomic E-state index is 0.172. The van der Waals surface area contributed by atoms with Gasteiger partial charge in [-0.25, -0.2) is 9.97 Å². The Labute approximate surface area is 145 Å². The van der Waals surface area contributed by atoms with Crippen molar-refractivity contribution in [3.05, 3.63) is 53.7 Å². The number of anilines is 1.